The largest absolute Gasteiger partial charge is 0.409 e. The van der Waals surface area contributed by atoms with Crippen molar-refractivity contribution in [1.29, 1.82) is 0 Å². The number of nitrogens with zero attached hydrogens (tertiary/aromatic N) is 1. The summed E-state index contributed by atoms with van der Waals surface area (Å²) in [5, 5.41) is 15.6. The van der Waals surface area contributed by atoms with Crippen LogP contribution >= 0.6 is 11.3 Å². The van der Waals surface area contributed by atoms with Crippen LogP contribution in [-0.4, -0.2) is 23.5 Å². The monoisotopic (exact) mass is 241 g/mol. The van der Waals surface area contributed by atoms with Gasteiger partial charge in [0.2, 0.25) is 5.91 Å². The molecule has 0 aliphatic carbocycles. The minimum atomic E-state index is -0.0804. The molecular formula is C10H15N3O2S. The second-order valence-corrected chi connectivity index (χ2v) is 4.33. The fraction of sp³-hybridized carbons (Fsp3) is 0.400. The summed E-state index contributed by atoms with van der Waals surface area (Å²) in [5.41, 5.74) is 5.21. The van der Waals surface area contributed by atoms with Crippen LogP contribution in [0.1, 0.15) is 17.7 Å². The van der Waals surface area contributed by atoms with Crippen LogP contribution in [0.5, 0.6) is 0 Å². The Morgan fingerprint density at radius 2 is 2.44 bits per heavy atom. The molecule has 4 N–H and O–H groups in total. The van der Waals surface area contributed by atoms with E-state index < -0.39 is 0 Å². The summed E-state index contributed by atoms with van der Waals surface area (Å²) < 4.78 is 0. The molecule has 0 aromatic carbocycles. The topological polar surface area (TPSA) is 87.7 Å². The minimum Gasteiger partial charge on any atom is -0.409 e. The third-order valence-corrected chi connectivity index (χ3v) is 2.94. The molecule has 0 saturated heterocycles. The summed E-state index contributed by atoms with van der Waals surface area (Å²) in [5.74, 6) is -0.0743. The van der Waals surface area contributed by atoms with Crippen molar-refractivity contribution in [2.75, 3.05) is 6.54 Å². The van der Waals surface area contributed by atoms with Crippen molar-refractivity contribution in [2.45, 2.75) is 19.3 Å². The van der Waals surface area contributed by atoms with Gasteiger partial charge in [-0.15, -0.1) is 11.3 Å². The number of nitrogens with two attached hydrogens (primary N) is 1. The standard InChI is InChI=1S/C10H15N3O2S/c11-9(13-15)7-12-10(14)5-1-3-8-4-2-6-16-8/h2,4,6,15H,1,3,5,7H2,(H2,11,13)(H,12,14). The SMILES string of the molecule is N/C(CNC(=O)CCCc1cccs1)=N/O. The molecule has 1 rings (SSSR count). The van der Waals surface area contributed by atoms with Gasteiger partial charge in [0, 0.05) is 11.3 Å². The van der Waals surface area contributed by atoms with Crippen LogP contribution in [0.25, 0.3) is 0 Å². The molecule has 0 spiro atoms. The lowest BCUT2D eigenvalue weighted by Gasteiger charge is -2.03. The van der Waals surface area contributed by atoms with E-state index in [4.69, 9.17) is 10.9 Å². The first-order valence-electron chi connectivity index (χ1n) is 4.98. The van der Waals surface area contributed by atoms with Crippen LogP contribution in [0.4, 0.5) is 0 Å². The van der Waals surface area contributed by atoms with Crippen molar-refractivity contribution >= 4 is 23.1 Å². The maximum Gasteiger partial charge on any atom is 0.220 e. The Bertz CT molecular complexity index is 349. The number of nitrogens with one attached hydrogen (secondary N) is 1. The number of thiophene rings is 1. The second-order valence-electron chi connectivity index (χ2n) is 3.30. The summed E-state index contributed by atoms with van der Waals surface area (Å²) in [4.78, 5) is 12.6. The highest BCUT2D eigenvalue weighted by molar-refractivity contribution is 7.09. The molecule has 0 aliphatic heterocycles. The molecule has 0 atom stereocenters. The Balaban J connectivity index is 2.11. The van der Waals surface area contributed by atoms with E-state index in [9.17, 15) is 4.79 Å². The number of rotatable bonds is 6. The molecule has 1 heterocycles. The number of oxime groups is 1. The molecule has 0 saturated carbocycles. The predicted molar refractivity (Wildman–Crippen MR) is 63.7 cm³/mol. The lowest BCUT2D eigenvalue weighted by Crippen LogP contribution is -2.33. The first-order valence-corrected chi connectivity index (χ1v) is 5.86. The normalized spacial score (nSPS) is 11.4. The molecular weight excluding hydrogens is 226 g/mol. The van der Waals surface area contributed by atoms with E-state index in [1.165, 1.54) is 4.88 Å². The third-order valence-electron chi connectivity index (χ3n) is 2.00. The lowest BCUT2D eigenvalue weighted by molar-refractivity contribution is -0.120. The van der Waals surface area contributed by atoms with Gasteiger partial charge < -0.3 is 16.3 Å². The van der Waals surface area contributed by atoms with Crippen molar-refractivity contribution < 1.29 is 10.0 Å². The zero-order valence-corrected chi connectivity index (χ0v) is 9.67. The van der Waals surface area contributed by atoms with Crippen molar-refractivity contribution in [2.24, 2.45) is 10.9 Å². The summed E-state index contributed by atoms with van der Waals surface area (Å²) in [6.45, 7) is 0.0916. The zero-order chi connectivity index (χ0) is 11.8. The van der Waals surface area contributed by atoms with Gasteiger partial charge in [0.1, 0.15) is 0 Å². The Labute approximate surface area is 98.0 Å². The van der Waals surface area contributed by atoms with Crippen molar-refractivity contribution in [3.05, 3.63) is 22.4 Å². The number of amidine groups is 1. The molecule has 0 unspecified atom stereocenters. The van der Waals surface area contributed by atoms with E-state index in [2.05, 4.69) is 16.5 Å². The number of hydrogen-bond acceptors (Lipinski definition) is 4. The van der Waals surface area contributed by atoms with Gasteiger partial charge in [-0.3, -0.25) is 4.79 Å². The molecule has 0 radical (unpaired) electrons. The molecule has 5 nitrogen and oxygen atoms in total. The molecule has 1 amide bonds. The maximum absolute atomic E-state index is 11.3. The average molecular weight is 241 g/mol. The molecule has 0 aliphatic rings. The first-order chi connectivity index (χ1) is 7.72. The fourth-order valence-corrected chi connectivity index (χ4v) is 1.94. The Hall–Kier alpha value is -1.56. The molecule has 1 aromatic rings. The third kappa shape index (κ3) is 4.79. The van der Waals surface area contributed by atoms with E-state index in [0.717, 1.165) is 12.8 Å². The zero-order valence-electron chi connectivity index (χ0n) is 8.85. The highest BCUT2D eigenvalue weighted by atomic mass is 32.1. The van der Waals surface area contributed by atoms with Gasteiger partial charge in [0.05, 0.1) is 6.54 Å². The summed E-state index contributed by atoms with van der Waals surface area (Å²) >= 11 is 1.69. The van der Waals surface area contributed by atoms with Crippen LogP contribution < -0.4 is 11.1 Å². The first kappa shape index (κ1) is 12.5. The van der Waals surface area contributed by atoms with Crippen LogP contribution in [0.2, 0.25) is 0 Å². The van der Waals surface area contributed by atoms with E-state index in [1.807, 2.05) is 11.4 Å². The fourth-order valence-electron chi connectivity index (χ4n) is 1.19. The molecule has 0 bridgehead atoms. The number of aryl methyl sites for hydroxylation is 1. The van der Waals surface area contributed by atoms with E-state index >= 15 is 0 Å². The lowest BCUT2D eigenvalue weighted by atomic mass is 10.2. The minimum absolute atomic E-state index is 0.00612. The van der Waals surface area contributed by atoms with Crippen molar-refractivity contribution in [1.82, 2.24) is 5.32 Å². The smallest absolute Gasteiger partial charge is 0.220 e. The summed E-state index contributed by atoms with van der Waals surface area (Å²) in [6, 6.07) is 4.05. The molecule has 1 aromatic heterocycles. The maximum atomic E-state index is 11.3. The Kier molecular flexibility index (Phi) is 5.35. The summed E-state index contributed by atoms with van der Waals surface area (Å²) in [6.07, 6.45) is 2.17. The van der Waals surface area contributed by atoms with E-state index in [1.54, 1.807) is 11.3 Å². The average Bonchev–Trinajstić information content (AvgIpc) is 2.79. The predicted octanol–water partition coefficient (Wildman–Crippen LogP) is 0.933. The van der Waals surface area contributed by atoms with E-state index in [0.29, 0.717) is 6.42 Å². The van der Waals surface area contributed by atoms with Crippen LogP contribution in [0, 0.1) is 0 Å². The van der Waals surface area contributed by atoms with Crippen LogP contribution in [0.3, 0.4) is 0 Å². The number of carbonyl (C=O) groups is 1. The number of carbonyl (C=O) groups excluding carboxylic acids is 1. The van der Waals surface area contributed by atoms with Gasteiger partial charge in [-0.05, 0) is 24.3 Å². The van der Waals surface area contributed by atoms with Crippen LogP contribution in [-0.2, 0) is 11.2 Å². The Morgan fingerprint density at radius 3 is 3.06 bits per heavy atom. The van der Waals surface area contributed by atoms with Gasteiger partial charge in [0.15, 0.2) is 5.84 Å². The van der Waals surface area contributed by atoms with Crippen LogP contribution in [0.15, 0.2) is 22.7 Å². The quantitative estimate of drug-likeness (QED) is 0.300. The highest BCUT2D eigenvalue weighted by Gasteiger charge is 2.02. The summed E-state index contributed by atoms with van der Waals surface area (Å²) in [7, 11) is 0. The van der Waals surface area contributed by atoms with Gasteiger partial charge in [-0.2, -0.15) is 0 Å². The molecule has 6 heteroatoms. The highest BCUT2D eigenvalue weighted by Crippen LogP contribution is 2.11. The van der Waals surface area contributed by atoms with Crippen molar-refractivity contribution in [3.8, 4) is 0 Å². The van der Waals surface area contributed by atoms with Gasteiger partial charge in [-0.25, -0.2) is 0 Å². The molecule has 16 heavy (non-hydrogen) atoms. The number of hydrogen-bond donors (Lipinski definition) is 3. The van der Waals surface area contributed by atoms with Gasteiger partial charge in [0.25, 0.3) is 0 Å². The van der Waals surface area contributed by atoms with Gasteiger partial charge in [-0.1, -0.05) is 11.2 Å². The van der Waals surface area contributed by atoms with Crippen molar-refractivity contribution in [3.63, 3.8) is 0 Å². The number of amides is 1. The Morgan fingerprint density at radius 1 is 1.62 bits per heavy atom. The second kappa shape index (κ2) is 6.84. The van der Waals surface area contributed by atoms with E-state index in [-0.39, 0.29) is 18.3 Å². The van der Waals surface area contributed by atoms with Gasteiger partial charge >= 0.3 is 0 Å². The molecule has 0 fully saturated rings. The molecule has 88 valence electrons.